The molecule has 6 heavy (non-hydrogen) atoms. The Kier molecular flexibility index (Phi) is 0.897. The van der Waals surface area contributed by atoms with E-state index in [4.69, 9.17) is 0 Å². The van der Waals surface area contributed by atoms with Crippen LogP contribution in [0.15, 0.2) is 0 Å². The maximum absolute atomic E-state index is 9.99. The highest BCUT2D eigenvalue weighted by Gasteiger charge is 2.13. The third kappa shape index (κ3) is 0.582. The van der Waals surface area contributed by atoms with Gasteiger partial charge in [-0.2, -0.15) is 0 Å². The molecule has 0 saturated carbocycles. The van der Waals surface area contributed by atoms with E-state index in [9.17, 15) is 4.79 Å². The van der Waals surface area contributed by atoms with Crippen molar-refractivity contribution in [3.63, 3.8) is 0 Å². The van der Waals surface area contributed by atoms with Gasteiger partial charge in [-0.1, -0.05) is 0 Å². The van der Waals surface area contributed by atoms with Crippen molar-refractivity contribution < 1.29 is 14.5 Å². The Hall–Kier alpha value is -0.345. The van der Waals surface area contributed by atoms with E-state index in [0.29, 0.717) is 0 Å². The van der Waals surface area contributed by atoms with Crippen molar-refractivity contribution in [1.82, 2.24) is 0 Å². The minimum absolute atomic E-state index is 0.00926. The molecule has 0 aromatic rings. The van der Waals surface area contributed by atoms with Gasteiger partial charge in [0.15, 0.2) is 5.68 Å². The second-order valence-corrected chi connectivity index (χ2v) is 1.06. The standard InChI is InChI=1S/C2H3BO3/c4-2-1-5-6-3-2/h3H,1H2. The first-order valence-electron chi connectivity index (χ1n) is 1.66. The van der Waals surface area contributed by atoms with Crippen LogP contribution in [0.1, 0.15) is 0 Å². The van der Waals surface area contributed by atoms with Crippen LogP contribution >= 0.6 is 0 Å². The van der Waals surface area contributed by atoms with Crippen LogP contribution in [0.3, 0.4) is 0 Å². The van der Waals surface area contributed by atoms with Gasteiger partial charge in [-0.05, 0) is 0 Å². The Morgan fingerprint density at radius 2 is 2.67 bits per heavy atom. The SMILES string of the molecule is O=C1BOOC1. The minimum Gasteiger partial charge on any atom is -0.305 e. The molecule has 32 valence electrons. The molecule has 1 fully saturated rings. The Morgan fingerprint density at radius 1 is 1.83 bits per heavy atom. The summed E-state index contributed by atoms with van der Waals surface area (Å²) in [7, 11) is 0.125. The Bertz CT molecular complexity index is 63.2. The molecule has 1 saturated heterocycles. The van der Waals surface area contributed by atoms with Gasteiger partial charge in [0.25, 0.3) is 0 Å². The predicted molar refractivity (Wildman–Crippen MR) is 19.2 cm³/mol. The summed E-state index contributed by atoms with van der Waals surface area (Å²) in [6.45, 7) is 0.125. The molecule has 1 aliphatic heterocycles. The monoisotopic (exact) mass is 86.0 g/mol. The highest BCUT2D eigenvalue weighted by atomic mass is 17.2. The predicted octanol–water partition coefficient (Wildman–Crippen LogP) is -1.17. The van der Waals surface area contributed by atoms with E-state index in [1.807, 2.05) is 0 Å². The Morgan fingerprint density at radius 3 is 2.83 bits per heavy atom. The molecule has 0 aromatic carbocycles. The van der Waals surface area contributed by atoms with Crippen molar-refractivity contribution in [2.75, 3.05) is 6.61 Å². The molecule has 0 aromatic heterocycles. The third-order valence-electron chi connectivity index (χ3n) is 0.523. The fourth-order valence-corrected chi connectivity index (χ4v) is 0.256. The highest BCUT2D eigenvalue weighted by molar-refractivity contribution is 6.69. The van der Waals surface area contributed by atoms with Crippen molar-refractivity contribution in [3.8, 4) is 0 Å². The lowest BCUT2D eigenvalue weighted by atomic mass is 9.96. The molecule has 1 aliphatic rings. The number of carbonyl (C=O) groups excluding carboxylic acids is 1. The van der Waals surface area contributed by atoms with Crippen molar-refractivity contribution >= 4 is 13.2 Å². The largest absolute Gasteiger partial charge is 0.400 e. The number of hydrogen-bond donors (Lipinski definition) is 0. The molecule has 0 atom stereocenters. The lowest BCUT2D eigenvalue weighted by molar-refractivity contribution is -0.183. The van der Waals surface area contributed by atoms with Crippen molar-refractivity contribution in [2.24, 2.45) is 0 Å². The number of carbonyl (C=O) groups is 1. The van der Waals surface area contributed by atoms with Crippen molar-refractivity contribution in [1.29, 1.82) is 0 Å². The fraction of sp³-hybridized carbons (Fsp3) is 0.500. The van der Waals surface area contributed by atoms with Crippen molar-refractivity contribution in [3.05, 3.63) is 0 Å². The lowest BCUT2D eigenvalue weighted by Gasteiger charge is -1.77. The maximum atomic E-state index is 9.99. The Balaban J connectivity index is 2.37. The molecule has 1 heterocycles. The summed E-state index contributed by atoms with van der Waals surface area (Å²) < 4.78 is 0. The van der Waals surface area contributed by atoms with Crippen molar-refractivity contribution in [2.45, 2.75) is 0 Å². The van der Waals surface area contributed by atoms with E-state index in [-0.39, 0.29) is 19.8 Å². The van der Waals surface area contributed by atoms with Gasteiger partial charge in [0, 0.05) is 0 Å². The van der Waals surface area contributed by atoms with Crippen LogP contribution in [0, 0.1) is 0 Å². The summed E-state index contributed by atoms with van der Waals surface area (Å²) >= 11 is 0. The van der Waals surface area contributed by atoms with Gasteiger partial charge >= 0.3 is 7.48 Å². The van der Waals surface area contributed by atoms with Gasteiger partial charge in [-0.15, -0.1) is 0 Å². The summed E-state index contributed by atoms with van der Waals surface area (Å²) in [6.07, 6.45) is 0. The molecule has 0 N–H and O–H groups in total. The van der Waals surface area contributed by atoms with Gasteiger partial charge < -0.3 is 4.79 Å². The molecule has 3 nitrogen and oxygen atoms in total. The average Bonchev–Trinajstić information content (AvgIpc) is 1.86. The van der Waals surface area contributed by atoms with E-state index in [2.05, 4.69) is 9.69 Å². The van der Waals surface area contributed by atoms with Gasteiger partial charge in [-0.3, -0.25) is 4.81 Å². The van der Waals surface area contributed by atoms with Gasteiger partial charge in [0.2, 0.25) is 0 Å². The molecule has 0 radical (unpaired) electrons. The van der Waals surface area contributed by atoms with Crippen LogP contribution in [-0.4, -0.2) is 19.8 Å². The third-order valence-corrected chi connectivity index (χ3v) is 0.523. The van der Waals surface area contributed by atoms with E-state index >= 15 is 0 Å². The maximum Gasteiger partial charge on any atom is 0.400 e. The first-order chi connectivity index (χ1) is 2.89. The topological polar surface area (TPSA) is 35.5 Å². The van der Waals surface area contributed by atoms with Crippen LogP contribution in [0.5, 0.6) is 0 Å². The minimum atomic E-state index is 0.00926. The van der Waals surface area contributed by atoms with Crippen LogP contribution in [0.2, 0.25) is 0 Å². The van der Waals surface area contributed by atoms with E-state index in [1.165, 1.54) is 0 Å². The zero-order chi connectivity index (χ0) is 4.41. The highest BCUT2D eigenvalue weighted by Crippen LogP contribution is 1.86. The summed E-state index contributed by atoms with van der Waals surface area (Å²) in [6, 6.07) is 0. The molecule has 4 heteroatoms. The zero-order valence-corrected chi connectivity index (χ0v) is 3.14. The second-order valence-electron chi connectivity index (χ2n) is 1.06. The first-order valence-corrected chi connectivity index (χ1v) is 1.66. The molecule has 0 aliphatic carbocycles. The van der Waals surface area contributed by atoms with E-state index in [1.54, 1.807) is 0 Å². The smallest absolute Gasteiger partial charge is 0.305 e. The molecule has 1 rings (SSSR count). The molecule has 0 bridgehead atoms. The fourth-order valence-electron chi connectivity index (χ4n) is 0.256. The van der Waals surface area contributed by atoms with Crippen LogP contribution < -0.4 is 0 Å². The zero-order valence-electron chi connectivity index (χ0n) is 3.14. The second kappa shape index (κ2) is 1.40. The summed E-state index contributed by atoms with van der Waals surface area (Å²) in [5.74, 6) is 0. The average molecular weight is 85.9 g/mol. The lowest BCUT2D eigenvalue weighted by Crippen LogP contribution is -2.01. The van der Waals surface area contributed by atoms with E-state index < -0.39 is 0 Å². The quantitative estimate of drug-likeness (QED) is 0.275. The van der Waals surface area contributed by atoms with Gasteiger partial charge in [0.1, 0.15) is 6.61 Å². The molecular formula is C2H3BO3. The molecule has 0 spiro atoms. The summed E-state index contributed by atoms with van der Waals surface area (Å²) in [5, 5.41) is 0. The van der Waals surface area contributed by atoms with E-state index in [0.717, 1.165) is 0 Å². The number of hydrogen-bond acceptors (Lipinski definition) is 3. The van der Waals surface area contributed by atoms with Gasteiger partial charge in [0.05, 0.1) is 0 Å². The Labute approximate surface area is 35.4 Å². The summed E-state index contributed by atoms with van der Waals surface area (Å²) in [5.41, 5.74) is 0.00926. The van der Waals surface area contributed by atoms with Crippen LogP contribution in [0.4, 0.5) is 0 Å². The van der Waals surface area contributed by atoms with Crippen LogP contribution in [0.25, 0.3) is 0 Å². The molecule has 0 amide bonds. The normalized spacial score (nSPS) is 21.0. The summed E-state index contributed by atoms with van der Waals surface area (Å²) in [4.78, 5) is 18.4. The molecule has 0 unspecified atom stereocenters. The first kappa shape index (κ1) is 3.83. The molecular weight excluding hydrogens is 82.8 g/mol. The van der Waals surface area contributed by atoms with Gasteiger partial charge in [-0.25, -0.2) is 4.89 Å². The number of rotatable bonds is 0. The van der Waals surface area contributed by atoms with Crippen LogP contribution in [-0.2, 0) is 14.5 Å².